The second-order valence-corrected chi connectivity index (χ2v) is 6.94. The molecule has 0 unspecified atom stereocenters. The quantitative estimate of drug-likeness (QED) is 0.830. The molecule has 3 N–H and O–H groups in total. The molecule has 0 radical (unpaired) electrons. The lowest BCUT2D eigenvalue weighted by Gasteiger charge is -2.28. The molecule has 0 aliphatic heterocycles. The van der Waals surface area contributed by atoms with E-state index in [1.165, 1.54) is 12.1 Å². The van der Waals surface area contributed by atoms with Gasteiger partial charge in [0.2, 0.25) is 10.0 Å². The molecule has 1 saturated carbocycles. The minimum atomic E-state index is -4.97. The molecule has 0 saturated heterocycles. The first-order valence-corrected chi connectivity index (χ1v) is 8.25. The number of hydrogen-bond acceptors (Lipinski definition) is 4. The lowest BCUT2D eigenvalue weighted by Crippen LogP contribution is -2.51. The molecule has 23 heavy (non-hydrogen) atoms. The van der Waals surface area contributed by atoms with Crippen LogP contribution < -0.4 is 15.2 Å². The van der Waals surface area contributed by atoms with Crippen molar-refractivity contribution in [3.8, 4) is 5.75 Å². The monoisotopic (exact) mass is 374 g/mol. The van der Waals surface area contributed by atoms with Crippen LogP contribution in [0.15, 0.2) is 29.2 Å². The van der Waals surface area contributed by atoms with E-state index in [9.17, 15) is 21.6 Å². The molecule has 1 fully saturated rings. The van der Waals surface area contributed by atoms with Crippen LogP contribution in [0, 0.1) is 0 Å². The summed E-state index contributed by atoms with van der Waals surface area (Å²) in [4.78, 5) is -0.549. The number of nitrogens with one attached hydrogen (secondary N) is 1. The molecule has 1 aliphatic rings. The van der Waals surface area contributed by atoms with Crippen LogP contribution >= 0.6 is 12.4 Å². The van der Waals surface area contributed by atoms with Crippen LogP contribution in [0.3, 0.4) is 0 Å². The molecule has 5 nitrogen and oxygen atoms in total. The molecule has 0 bridgehead atoms. The van der Waals surface area contributed by atoms with Gasteiger partial charge in [0.15, 0.2) is 0 Å². The maximum atomic E-state index is 12.4. The fourth-order valence-electron chi connectivity index (χ4n) is 2.62. The number of sulfonamides is 1. The number of rotatable bonds is 5. The molecule has 0 atom stereocenters. The minimum absolute atomic E-state index is 0. The first-order valence-electron chi connectivity index (χ1n) is 6.76. The average molecular weight is 375 g/mol. The van der Waals surface area contributed by atoms with Gasteiger partial charge in [0, 0.05) is 12.1 Å². The van der Waals surface area contributed by atoms with Crippen LogP contribution in [0.2, 0.25) is 0 Å². The molecule has 132 valence electrons. The Morgan fingerprint density at radius 2 is 1.78 bits per heavy atom. The van der Waals surface area contributed by atoms with Gasteiger partial charge in [-0.1, -0.05) is 25.0 Å². The van der Waals surface area contributed by atoms with Crippen LogP contribution in [0.5, 0.6) is 5.75 Å². The smallest absolute Gasteiger partial charge is 0.404 e. The lowest BCUT2D eigenvalue weighted by molar-refractivity contribution is -0.275. The molecule has 0 heterocycles. The Kier molecular flexibility index (Phi) is 6.31. The van der Waals surface area contributed by atoms with Crippen molar-refractivity contribution < 1.29 is 26.3 Å². The number of para-hydroxylation sites is 1. The van der Waals surface area contributed by atoms with E-state index < -0.39 is 32.6 Å². The first kappa shape index (κ1) is 20.0. The number of alkyl halides is 3. The molecule has 1 aromatic rings. The molecule has 0 aromatic heterocycles. The molecular weight excluding hydrogens is 357 g/mol. The summed E-state index contributed by atoms with van der Waals surface area (Å²) in [6.07, 6.45) is -2.21. The number of benzene rings is 1. The Balaban J connectivity index is 0.00000264. The third-order valence-corrected chi connectivity index (χ3v) is 5.28. The highest BCUT2D eigenvalue weighted by molar-refractivity contribution is 7.89. The summed E-state index contributed by atoms with van der Waals surface area (Å²) in [6, 6.07) is 4.64. The topological polar surface area (TPSA) is 81.4 Å². The van der Waals surface area contributed by atoms with Gasteiger partial charge in [0.1, 0.15) is 10.6 Å². The molecule has 0 amide bonds. The minimum Gasteiger partial charge on any atom is -0.404 e. The average Bonchev–Trinajstić information content (AvgIpc) is 2.86. The summed E-state index contributed by atoms with van der Waals surface area (Å²) < 4.78 is 68.3. The maximum absolute atomic E-state index is 12.4. The summed E-state index contributed by atoms with van der Waals surface area (Å²) in [5, 5.41) is 0. The molecular formula is C13H18ClF3N2O3S. The van der Waals surface area contributed by atoms with E-state index in [0.29, 0.717) is 12.8 Å². The maximum Gasteiger partial charge on any atom is 0.573 e. The van der Waals surface area contributed by atoms with E-state index in [4.69, 9.17) is 5.73 Å². The van der Waals surface area contributed by atoms with Crippen molar-refractivity contribution >= 4 is 22.4 Å². The Bertz CT molecular complexity index is 632. The third-order valence-electron chi connectivity index (χ3n) is 3.67. The Hall–Kier alpha value is -1.03. The second kappa shape index (κ2) is 7.25. The molecule has 2 rings (SSSR count). The van der Waals surface area contributed by atoms with Crippen molar-refractivity contribution in [2.24, 2.45) is 5.73 Å². The van der Waals surface area contributed by atoms with Gasteiger partial charge in [0.25, 0.3) is 0 Å². The molecule has 1 aliphatic carbocycles. The fraction of sp³-hybridized carbons (Fsp3) is 0.538. The highest BCUT2D eigenvalue weighted by atomic mass is 35.5. The van der Waals surface area contributed by atoms with E-state index in [1.807, 2.05) is 0 Å². The lowest BCUT2D eigenvalue weighted by atomic mass is 10.0. The van der Waals surface area contributed by atoms with Crippen LogP contribution in [-0.4, -0.2) is 26.9 Å². The fourth-order valence-corrected chi connectivity index (χ4v) is 4.22. The van der Waals surface area contributed by atoms with Gasteiger partial charge in [-0.2, -0.15) is 0 Å². The van der Waals surface area contributed by atoms with E-state index in [2.05, 4.69) is 9.46 Å². The van der Waals surface area contributed by atoms with E-state index in [1.54, 1.807) is 0 Å². The highest BCUT2D eigenvalue weighted by Gasteiger charge is 2.39. The van der Waals surface area contributed by atoms with Crippen molar-refractivity contribution in [1.82, 2.24) is 4.72 Å². The summed E-state index contributed by atoms with van der Waals surface area (Å²) in [5.74, 6) is -0.757. The Labute approximate surface area is 138 Å². The zero-order chi connectivity index (χ0) is 16.4. The predicted octanol–water partition coefficient (Wildman–Crippen LogP) is 2.56. The van der Waals surface area contributed by atoms with E-state index >= 15 is 0 Å². The van der Waals surface area contributed by atoms with Crippen molar-refractivity contribution in [3.63, 3.8) is 0 Å². The van der Waals surface area contributed by atoms with Gasteiger partial charge in [-0.25, -0.2) is 13.1 Å². The van der Waals surface area contributed by atoms with Gasteiger partial charge in [0.05, 0.1) is 0 Å². The Morgan fingerprint density at radius 3 is 2.30 bits per heavy atom. The van der Waals surface area contributed by atoms with Crippen LogP contribution in [0.4, 0.5) is 13.2 Å². The number of nitrogens with two attached hydrogens (primary N) is 1. The SMILES string of the molecule is Cl.NCC1(NS(=O)(=O)c2ccccc2OC(F)(F)F)CCCC1. The van der Waals surface area contributed by atoms with Crippen LogP contribution in [0.25, 0.3) is 0 Å². The van der Waals surface area contributed by atoms with Gasteiger partial charge < -0.3 is 10.5 Å². The number of halogens is 4. The Morgan fingerprint density at radius 1 is 1.22 bits per heavy atom. The summed E-state index contributed by atoms with van der Waals surface area (Å²) in [6.45, 7) is 0.0918. The van der Waals surface area contributed by atoms with Crippen molar-refractivity contribution in [2.45, 2.75) is 42.5 Å². The normalized spacial score (nSPS) is 17.6. The zero-order valence-corrected chi connectivity index (χ0v) is 13.7. The summed E-state index contributed by atoms with van der Waals surface area (Å²) in [7, 11) is -4.17. The van der Waals surface area contributed by atoms with Crippen LogP contribution in [0.1, 0.15) is 25.7 Å². The first-order chi connectivity index (χ1) is 10.2. The van der Waals surface area contributed by atoms with Gasteiger partial charge in [-0.05, 0) is 25.0 Å². The summed E-state index contributed by atoms with van der Waals surface area (Å²) in [5.41, 5.74) is 4.85. The zero-order valence-electron chi connectivity index (χ0n) is 12.1. The standard InChI is InChI=1S/C13H17F3N2O3S.ClH/c14-13(15,16)21-10-5-1-2-6-11(10)22(19,20)18-12(9-17)7-3-4-8-12;/h1-2,5-6,18H,3-4,7-9,17H2;1H. The predicted molar refractivity (Wildman–Crippen MR) is 80.9 cm³/mol. The van der Waals surface area contributed by atoms with E-state index in [-0.39, 0.29) is 19.0 Å². The molecule has 10 heteroatoms. The molecule has 0 spiro atoms. The van der Waals surface area contributed by atoms with Gasteiger partial charge in [-0.3, -0.25) is 0 Å². The summed E-state index contributed by atoms with van der Waals surface area (Å²) >= 11 is 0. The van der Waals surface area contributed by atoms with Gasteiger partial charge in [-0.15, -0.1) is 25.6 Å². The van der Waals surface area contributed by atoms with Crippen molar-refractivity contribution in [1.29, 1.82) is 0 Å². The second-order valence-electron chi connectivity index (χ2n) is 5.29. The highest BCUT2D eigenvalue weighted by Crippen LogP contribution is 2.33. The van der Waals surface area contributed by atoms with E-state index in [0.717, 1.165) is 25.0 Å². The number of hydrogen-bond donors (Lipinski definition) is 2. The van der Waals surface area contributed by atoms with Crippen molar-refractivity contribution in [2.75, 3.05) is 6.54 Å². The largest absolute Gasteiger partial charge is 0.573 e. The number of ether oxygens (including phenoxy) is 1. The van der Waals surface area contributed by atoms with Gasteiger partial charge >= 0.3 is 6.36 Å². The molecule has 1 aromatic carbocycles. The van der Waals surface area contributed by atoms with Crippen molar-refractivity contribution in [3.05, 3.63) is 24.3 Å². The van der Waals surface area contributed by atoms with Crippen LogP contribution in [-0.2, 0) is 10.0 Å². The third kappa shape index (κ3) is 4.97.